The molecule has 0 aromatic rings. The van der Waals surface area contributed by atoms with E-state index >= 15 is 0 Å². The summed E-state index contributed by atoms with van der Waals surface area (Å²) in [6.45, 7) is 10.1. The summed E-state index contributed by atoms with van der Waals surface area (Å²) in [7, 11) is 0. The van der Waals surface area contributed by atoms with E-state index < -0.39 is 5.60 Å². The highest BCUT2D eigenvalue weighted by atomic mass is 16.5. The Morgan fingerprint density at radius 1 is 1.60 bits per heavy atom. The third kappa shape index (κ3) is 2.63. The molecule has 0 aliphatic heterocycles. The summed E-state index contributed by atoms with van der Waals surface area (Å²) in [4.78, 5) is 0. The summed E-state index contributed by atoms with van der Waals surface area (Å²) in [6, 6.07) is 0. The van der Waals surface area contributed by atoms with Crippen LogP contribution in [0.2, 0.25) is 0 Å². The molecular weight excluding hydrogens is 188 g/mol. The highest BCUT2D eigenvalue weighted by Crippen LogP contribution is 2.40. The van der Waals surface area contributed by atoms with Gasteiger partial charge in [0.1, 0.15) is 11.4 Å². The molecule has 2 nitrogen and oxygen atoms in total. The zero-order chi connectivity index (χ0) is 11.3. The third-order valence-electron chi connectivity index (χ3n) is 3.29. The van der Waals surface area contributed by atoms with Crippen LogP contribution >= 0.6 is 0 Å². The molecule has 0 bridgehead atoms. The second kappa shape index (κ2) is 5.36. The Balaban J connectivity index is 2.74. The molecule has 1 saturated carbocycles. The predicted octanol–water partition coefficient (Wildman–Crippen LogP) is 3.03. The number of allylic oxidation sites excluding steroid dienone is 1. The number of hydrogen-bond acceptors (Lipinski definition) is 2. The van der Waals surface area contributed by atoms with Crippen molar-refractivity contribution in [3.05, 3.63) is 25.0 Å². The first-order valence-electron chi connectivity index (χ1n) is 5.80. The Hall–Kier alpha value is -0.760. The molecule has 1 fully saturated rings. The minimum atomic E-state index is -0.831. The summed E-state index contributed by atoms with van der Waals surface area (Å²) in [5.41, 5.74) is -0.831. The van der Waals surface area contributed by atoms with E-state index in [1.165, 1.54) is 6.42 Å². The normalized spacial score (nSPS) is 30.9. The highest BCUT2D eigenvalue weighted by Gasteiger charge is 2.41. The lowest BCUT2D eigenvalue weighted by Crippen LogP contribution is -2.42. The van der Waals surface area contributed by atoms with Crippen LogP contribution in [0, 0.1) is 5.92 Å². The van der Waals surface area contributed by atoms with Crippen LogP contribution in [0.1, 0.15) is 39.0 Å². The first-order chi connectivity index (χ1) is 7.15. The average Bonchev–Trinajstić information content (AvgIpc) is 2.22. The second-order valence-electron chi connectivity index (χ2n) is 4.25. The Morgan fingerprint density at radius 2 is 2.33 bits per heavy atom. The lowest BCUT2D eigenvalue weighted by Gasteiger charge is -2.40. The smallest absolute Gasteiger partial charge is 0.124 e. The molecule has 1 aliphatic carbocycles. The highest BCUT2D eigenvalue weighted by molar-refractivity contribution is 5.11. The maximum absolute atomic E-state index is 10.6. The van der Waals surface area contributed by atoms with E-state index in [9.17, 15) is 5.11 Å². The molecule has 0 heterocycles. The minimum absolute atomic E-state index is 0.225. The Labute approximate surface area is 92.6 Å². The van der Waals surface area contributed by atoms with Crippen molar-refractivity contribution in [1.29, 1.82) is 0 Å². The minimum Gasteiger partial charge on any atom is -0.496 e. The number of hydrogen-bond donors (Lipinski definition) is 1. The van der Waals surface area contributed by atoms with Gasteiger partial charge in [0.05, 0.1) is 6.61 Å². The van der Waals surface area contributed by atoms with Crippen LogP contribution < -0.4 is 0 Å². The van der Waals surface area contributed by atoms with Gasteiger partial charge >= 0.3 is 0 Å². The van der Waals surface area contributed by atoms with Crippen LogP contribution in [0.25, 0.3) is 0 Å². The molecule has 0 aromatic carbocycles. The third-order valence-corrected chi connectivity index (χ3v) is 3.29. The lowest BCUT2D eigenvalue weighted by atomic mass is 9.73. The zero-order valence-electron chi connectivity index (χ0n) is 9.67. The van der Waals surface area contributed by atoms with Crippen molar-refractivity contribution >= 4 is 0 Å². The molecule has 1 aliphatic rings. The molecule has 0 saturated heterocycles. The maximum atomic E-state index is 10.6. The van der Waals surface area contributed by atoms with Gasteiger partial charge < -0.3 is 9.84 Å². The summed E-state index contributed by atoms with van der Waals surface area (Å²) in [5, 5.41) is 10.6. The zero-order valence-corrected chi connectivity index (χ0v) is 9.67. The van der Waals surface area contributed by atoms with Gasteiger partial charge in [0.2, 0.25) is 0 Å². The van der Waals surface area contributed by atoms with E-state index in [1.54, 1.807) is 0 Å². The van der Waals surface area contributed by atoms with Crippen molar-refractivity contribution in [2.24, 2.45) is 5.92 Å². The van der Waals surface area contributed by atoms with Crippen LogP contribution in [-0.4, -0.2) is 17.3 Å². The Kier molecular flexibility index (Phi) is 4.40. The Morgan fingerprint density at radius 3 is 2.93 bits per heavy atom. The summed E-state index contributed by atoms with van der Waals surface area (Å²) in [5.74, 6) is 0.763. The molecule has 0 radical (unpaired) electrons. The molecule has 0 amide bonds. The van der Waals surface area contributed by atoms with Gasteiger partial charge in [-0.05, 0) is 32.1 Å². The largest absolute Gasteiger partial charge is 0.496 e. The van der Waals surface area contributed by atoms with Gasteiger partial charge in [0.25, 0.3) is 0 Å². The van der Waals surface area contributed by atoms with Gasteiger partial charge in [-0.2, -0.15) is 0 Å². The SMILES string of the molecule is C=CC[C@H]1CCCC[C@]1(O)C(=C)OCC. The lowest BCUT2D eigenvalue weighted by molar-refractivity contribution is -0.0569. The van der Waals surface area contributed by atoms with Gasteiger partial charge in [0.15, 0.2) is 0 Å². The first-order valence-corrected chi connectivity index (χ1v) is 5.80. The topological polar surface area (TPSA) is 29.5 Å². The van der Waals surface area contributed by atoms with Crippen molar-refractivity contribution < 1.29 is 9.84 Å². The van der Waals surface area contributed by atoms with Crippen molar-refractivity contribution in [3.8, 4) is 0 Å². The first kappa shape index (κ1) is 12.3. The fraction of sp³-hybridized carbons (Fsp3) is 0.692. The van der Waals surface area contributed by atoms with Gasteiger partial charge in [0, 0.05) is 0 Å². The molecule has 0 spiro atoms. The Bertz CT molecular complexity index is 235. The molecule has 1 rings (SSSR count). The van der Waals surface area contributed by atoms with Crippen LogP contribution in [0.5, 0.6) is 0 Å². The number of ether oxygens (including phenoxy) is 1. The molecule has 2 heteroatoms. The van der Waals surface area contributed by atoms with Crippen molar-refractivity contribution in [1.82, 2.24) is 0 Å². The predicted molar refractivity (Wildman–Crippen MR) is 62.5 cm³/mol. The molecule has 2 atom stereocenters. The number of aliphatic hydroxyl groups is 1. The van der Waals surface area contributed by atoms with Crippen LogP contribution in [0.15, 0.2) is 25.0 Å². The van der Waals surface area contributed by atoms with Crippen LogP contribution in [0.4, 0.5) is 0 Å². The molecule has 0 unspecified atom stereocenters. The van der Waals surface area contributed by atoms with Gasteiger partial charge in [-0.15, -0.1) is 6.58 Å². The van der Waals surface area contributed by atoms with E-state index in [-0.39, 0.29) is 5.92 Å². The summed E-state index contributed by atoms with van der Waals surface area (Å²) in [6.07, 6.45) is 6.75. The standard InChI is InChI=1S/C13H22O2/c1-4-8-12-9-6-7-10-13(12,14)11(3)15-5-2/h4,12,14H,1,3,5-10H2,2H3/t12-,13-/m0/s1. The molecular formula is C13H22O2. The monoisotopic (exact) mass is 210 g/mol. The van der Waals surface area contributed by atoms with Gasteiger partial charge in [-0.3, -0.25) is 0 Å². The van der Waals surface area contributed by atoms with Crippen LogP contribution in [-0.2, 0) is 4.74 Å². The van der Waals surface area contributed by atoms with E-state index in [1.807, 2.05) is 13.0 Å². The molecule has 15 heavy (non-hydrogen) atoms. The van der Waals surface area contributed by atoms with Crippen molar-refractivity contribution in [2.45, 2.75) is 44.6 Å². The fourth-order valence-electron chi connectivity index (χ4n) is 2.41. The molecule has 86 valence electrons. The van der Waals surface area contributed by atoms with Crippen molar-refractivity contribution in [3.63, 3.8) is 0 Å². The quantitative estimate of drug-likeness (QED) is 0.558. The number of rotatable bonds is 5. The van der Waals surface area contributed by atoms with E-state index in [0.29, 0.717) is 12.4 Å². The molecule has 0 aromatic heterocycles. The summed E-state index contributed by atoms with van der Waals surface area (Å²) >= 11 is 0. The average molecular weight is 210 g/mol. The van der Waals surface area contributed by atoms with Gasteiger partial charge in [-0.25, -0.2) is 0 Å². The molecule has 1 N–H and O–H groups in total. The van der Waals surface area contributed by atoms with E-state index in [2.05, 4.69) is 13.2 Å². The van der Waals surface area contributed by atoms with Crippen molar-refractivity contribution in [2.75, 3.05) is 6.61 Å². The maximum Gasteiger partial charge on any atom is 0.124 e. The summed E-state index contributed by atoms with van der Waals surface area (Å²) < 4.78 is 5.38. The van der Waals surface area contributed by atoms with Crippen LogP contribution in [0.3, 0.4) is 0 Å². The second-order valence-corrected chi connectivity index (χ2v) is 4.25. The fourth-order valence-corrected chi connectivity index (χ4v) is 2.41. The van der Waals surface area contributed by atoms with Gasteiger partial charge in [-0.1, -0.05) is 25.5 Å². The van der Waals surface area contributed by atoms with E-state index in [4.69, 9.17) is 4.74 Å². The van der Waals surface area contributed by atoms with E-state index in [0.717, 1.165) is 25.7 Å².